The van der Waals surface area contributed by atoms with E-state index in [1.807, 2.05) is 36.2 Å². The van der Waals surface area contributed by atoms with Crippen molar-refractivity contribution in [2.45, 2.75) is 31.3 Å². The number of pyridine rings is 1. The van der Waals surface area contributed by atoms with Crippen LogP contribution in [0.1, 0.15) is 19.3 Å². The van der Waals surface area contributed by atoms with Gasteiger partial charge in [-0.3, -0.25) is 4.98 Å². The number of likely N-dealkylation sites (tertiary alicyclic amines) is 1. The Morgan fingerprint density at radius 3 is 2.74 bits per heavy atom. The summed E-state index contributed by atoms with van der Waals surface area (Å²) in [6, 6.07) is 12.7. The lowest BCUT2D eigenvalue weighted by Crippen LogP contribution is -2.55. The molecule has 0 aliphatic carbocycles. The third-order valence-electron chi connectivity index (χ3n) is 8.18. The molecule has 10 nitrogen and oxygen atoms in total. The SMILES string of the molecule is CN1CCC[C@@H]1COc1nc(N2CCN(C(=O)O)[C@@H](CC#N)C2)c2cnc(-c3cccc4cccc(Cl)c34)c(F)c2n1. The molecule has 2 saturated heterocycles. The minimum absolute atomic E-state index is 0.0157. The molecule has 1 amide bonds. The average molecular weight is 590 g/mol. The molecule has 2 fully saturated rings. The van der Waals surface area contributed by atoms with Crippen molar-refractivity contribution >= 4 is 45.2 Å². The monoisotopic (exact) mass is 589 g/mol. The van der Waals surface area contributed by atoms with Gasteiger partial charge < -0.3 is 24.5 Å². The first kappa shape index (κ1) is 27.9. The Kier molecular flexibility index (Phi) is 7.66. The number of aromatic nitrogens is 3. The molecule has 2 aliphatic rings. The Hall–Kier alpha value is -4.27. The molecule has 0 bridgehead atoms. The van der Waals surface area contributed by atoms with E-state index in [2.05, 4.69) is 25.9 Å². The highest BCUT2D eigenvalue weighted by atomic mass is 35.5. The van der Waals surface area contributed by atoms with Crippen LogP contribution in [0.4, 0.5) is 15.0 Å². The maximum Gasteiger partial charge on any atom is 0.407 e. The molecule has 2 aliphatic heterocycles. The number of fused-ring (bicyclic) bond motifs is 2. The summed E-state index contributed by atoms with van der Waals surface area (Å²) in [5.41, 5.74) is 0.684. The summed E-state index contributed by atoms with van der Waals surface area (Å²) < 4.78 is 22.6. The van der Waals surface area contributed by atoms with Crippen LogP contribution in [0.15, 0.2) is 42.6 Å². The van der Waals surface area contributed by atoms with Crippen LogP contribution < -0.4 is 9.64 Å². The van der Waals surface area contributed by atoms with E-state index in [-0.39, 0.29) is 42.8 Å². The number of hydrogen-bond donors (Lipinski definition) is 1. The lowest BCUT2D eigenvalue weighted by atomic mass is 10.0. The maximum absolute atomic E-state index is 16.5. The van der Waals surface area contributed by atoms with E-state index >= 15 is 4.39 Å². The van der Waals surface area contributed by atoms with Gasteiger partial charge in [-0.2, -0.15) is 15.2 Å². The molecule has 0 radical (unpaired) electrons. The van der Waals surface area contributed by atoms with Gasteiger partial charge in [0.25, 0.3) is 0 Å². The molecular weight excluding hydrogens is 561 g/mol. The number of ether oxygens (including phenoxy) is 1. The van der Waals surface area contributed by atoms with Gasteiger partial charge in [0.1, 0.15) is 23.6 Å². The summed E-state index contributed by atoms with van der Waals surface area (Å²) in [7, 11) is 2.04. The van der Waals surface area contributed by atoms with Gasteiger partial charge in [0, 0.05) is 47.8 Å². The number of benzene rings is 2. The number of nitriles is 1. The number of rotatable bonds is 6. The second-order valence-corrected chi connectivity index (χ2v) is 11.1. The van der Waals surface area contributed by atoms with E-state index in [1.54, 1.807) is 12.1 Å². The van der Waals surface area contributed by atoms with Gasteiger partial charge in [0.15, 0.2) is 5.82 Å². The Labute approximate surface area is 246 Å². The zero-order chi connectivity index (χ0) is 29.4. The van der Waals surface area contributed by atoms with Crippen LogP contribution in [0.2, 0.25) is 5.02 Å². The summed E-state index contributed by atoms with van der Waals surface area (Å²) in [5.74, 6) is -0.249. The lowest BCUT2D eigenvalue weighted by molar-refractivity contribution is 0.119. The summed E-state index contributed by atoms with van der Waals surface area (Å²) >= 11 is 6.55. The third-order valence-corrected chi connectivity index (χ3v) is 8.50. The van der Waals surface area contributed by atoms with E-state index in [4.69, 9.17) is 16.3 Å². The number of likely N-dealkylation sites (N-methyl/N-ethyl adjacent to an activating group) is 1. The van der Waals surface area contributed by atoms with Crippen LogP contribution in [0.5, 0.6) is 6.01 Å². The Balaban J connectivity index is 1.46. The standard InChI is InChI=1S/C30H29ClFN7O3/c1-37-12-4-7-20(37)17-42-29-35-27-22(28(36-29)38-13-14-39(30(40)41)19(16-38)10-11-33)15-34-26(25(27)32)21-8-2-5-18-6-3-9-23(31)24(18)21/h2-3,5-6,8-9,15,19-20H,4,7,10,12-14,16-17H2,1H3,(H,40,41)/t19-,20+/m0/s1. The van der Waals surface area contributed by atoms with E-state index in [9.17, 15) is 15.2 Å². The summed E-state index contributed by atoms with van der Waals surface area (Å²) in [5, 5.41) is 21.4. The Morgan fingerprint density at radius 1 is 1.19 bits per heavy atom. The highest BCUT2D eigenvalue weighted by Crippen LogP contribution is 2.37. The first-order valence-corrected chi connectivity index (χ1v) is 14.2. The molecule has 4 aromatic rings. The molecule has 216 valence electrons. The molecule has 42 heavy (non-hydrogen) atoms. The molecule has 0 unspecified atom stereocenters. The van der Waals surface area contributed by atoms with Gasteiger partial charge in [-0.05, 0) is 37.9 Å². The molecule has 0 saturated carbocycles. The van der Waals surface area contributed by atoms with Gasteiger partial charge in [0.05, 0.1) is 23.9 Å². The van der Waals surface area contributed by atoms with Crippen molar-refractivity contribution in [1.82, 2.24) is 24.8 Å². The number of anilines is 1. The van der Waals surface area contributed by atoms with Crippen molar-refractivity contribution in [1.29, 1.82) is 5.26 Å². The number of hydrogen-bond acceptors (Lipinski definition) is 8. The zero-order valence-electron chi connectivity index (χ0n) is 23.0. The Morgan fingerprint density at radius 2 is 2.00 bits per heavy atom. The molecule has 2 atom stereocenters. The Bertz CT molecular complexity index is 1710. The zero-order valence-corrected chi connectivity index (χ0v) is 23.8. The summed E-state index contributed by atoms with van der Waals surface area (Å²) in [6.07, 6.45) is 2.52. The van der Waals surface area contributed by atoms with Crippen LogP contribution in [-0.4, -0.2) is 87.9 Å². The fourth-order valence-electron chi connectivity index (χ4n) is 5.95. The molecule has 12 heteroatoms. The number of nitrogens with zero attached hydrogens (tertiary/aromatic N) is 7. The predicted octanol–water partition coefficient (Wildman–Crippen LogP) is 5.19. The normalized spacial score (nSPS) is 19.4. The van der Waals surface area contributed by atoms with Crippen LogP contribution in [0, 0.1) is 17.1 Å². The molecule has 1 N–H and O–H groups in total. The molecule has 2 aromatic heterocycles. The van der Waals surface area contributed by atoms with E-state index in [0.717, 1.165) is 24.8 Å². The molecule has 4 heterocycles. The van der Waals surface area contributed by atoms with Crippen molar-refractivity contribution in [3.8, 4) is 23.3 Å². The first-order valence-electron chi connectivity index (χ1n) is 13.8. The van der Waals surface area contributed by atoms with Gasteiger partial charge >= 0.3 is 12.1 Å². The fraction of sp³-hybridized carbons (Fsp3) is 0.367. The highest BCUT2D eigenvalue weighted by molar-refractivity contribution is 6.36. The second-order valence-electron chi connectivity index (χ2n) is 10.7. The smallest absolute Gasteiger partial charge is 0.407 e. The van der Waals surface area contributed by atoms with Gasteiger partial charge in [-0.25, -0.2) is 9.18 Å². The van der Waals surface area contributed by atoms with Gasteiger partial charge in [-0.1, -0.05) is 41.9 Å². The van der Waals surface area contributed by atoms with E-state index in [0.29, 0.717) is 40.3 Å². The minimum atomic E-state index is -1.08. The van der Waals surface area contributed by atoms with Crippen LogP contribution in [0.25, 0.3) is 32.9 Å². The molecule has 0 spiro atoms. The number of amides is 1. The second kappa shape index (κ2) is 11.5. The summed E-state index contributed by atoms with van der Waals surface area (Å²) in [4.78, 5) is 30.9. The van der Waals surface area contributed by atoms with Crippen LogP contribution in [-0.2, 0) is 0 Å². The quantitative estimate of drug-likeness (QED) is 0.324. The fourth-order valence-corrected chi connectivity index (χ4v) is 6.23. The average Bonchev–Trinajstić information content (AvgIpc) is 3.40. The van der Waals surface area contributed by atoms with E-state index in [1.165, 1.54) is 11.1 Å². The van der Waals surface area contributed by atoms with Crippen molar-refractivity contribution < 1.29 is 19.0 Å². The number of carboxylic acid groups (broad SMARTS) is 1. The lowest BCUT2D eigenvalue weighted by Gasteiger charge is -2.39. The molecular formula is C30H29ClFN7O3. The molecule has 2 aromatic carbocycles. The first-order chi connectivity index (χ1) is 20.4. The van der Waals surface area contributed by atoms with Gasteiger partial charge in [-0.15, -0.1) is 0 Å². The van der Waals surface area contributed by atoms with Crippen molar-refractivity contribution in [3.63, 3.8) is 0 Å². The van der Waals surface area contributed by atoms with Crippen molar-refractivity contribution in [3.05, 3.63) is 53.4 Å². The largest absolute Gasteiger partial charge is 0.465 e. The van der Waals surface area contributed by atoms with Crippen LogP contribution >= 0.6 is 11.6 Å². The van der Waals surface area contributed by atoms with E-state index < -0.39 is 18.0 Å². The highest BCUT2D eigenvalue weighted by Gasteiger charge is 2.33. The number of carbonyl (C=O) groups is 1. The third kappa shape index (κ3) is 5.12. The van der Waals surface area contributed by atoms with Crippen molar-refractivity contribution in [2.75, 3.05) is 44.7 Å². The van der Waals surface area contributed by atoms with Gasteiger partial charge in [0.2, 0.25) is 0 Å². The number of halogens is 2. The van der Waals surface area contributed by atoms with Crippen molar-refractivity contribution in [2.24, 2.45) is 0 Å². The minimum Gasteiger partial charge on any atom is -0.465 e. The molecule has 6 rings (SSSR count). The van der Waals surface area contributed by atoms with Crippen LogP contribution in [0.3, 0.4) is 0 Å². The predicted molar refractivity (Wildman–Crippen MR) is 157 cm³/mol. The maximum atomic E-state index is 16.5. The summed E-state index contributed by atoms with van der Waals surface area (Å²) in [6.45, 7) is 2.00. The number of piperazine rings is 1. The topological polar surface area (TPSA) is 119 Å².